The van der Waals surface area contributed by atoms with Gasteiger partial charge in [0.15, 0.2) is 0 Å². The molecule has 0 aliphatic rings. The van der Waals surface area contributed by atoms with E-state index in [1.807, 2.05) is 13.0 Å². The minimum absolute atomic E-state index is 0.130. The summed E-state index contributed by atoms with van der Waals surface area (Å²) >= 11 is 0. The molecule has 0 bridgehead atoms. The Morgan fingerprint density at radius 3 is 2.75 bits per heavy atom. The Balaban J connectivity index is 2.79. The van der Waals surface area contributed by atoms with Crippen LogP contribution < -0.4 is 10.6 Å². The van der Waals surface area contributed by atoms with E-state index in [2.05, 4.69) is 22.5 Å². The molecular weight excluding hydrogens is 256 g/mol. The Morgan fingerprint density at radius 1 is 1.35 bits per heavy atom. The monoisotopic (exact) mass is 274 g/mol. The van der Waals surface area contributed by atoms with Gasteiger partial charge in [0.1, 0.15) is 6.61 Å². The molecule has 0 aliphatic heterocycles. The number of nitrogens with one attached hydrogen (secondary N) is 2. The molecule has 0 heterocycles. The quantitative estimate of drug-likeness (QED) is 0.687. The second-order valence-corrected chi connectivity index (χ2v) is 4.19. The van der Waals surface area contributed by atoms with E-state index in [-0.39, 0.29) is 31.4 Å². The first-order valence-corrected chi connectivity index (χ1v) is 6.27. The predicted octanol–water partition coefficient (Wildman–Crippen LogP) is 0.205. The molecule has 0 aliphatic carbocycles. The van der Waals surface area contributed by atoms with Gasteiger partial charge in [0.2, 0.25) is 5.91 Å². The fourth-order valence-electron chi connectivity index (χ4n) is 1.60. The van der Waals surface area contributed by atoms with Crippen LogP contribution in [0.2, 0.25) is 0 Å². The van der Waals surface area contributed by atoms with Gasteiger partial charge in [-0.2, -0.15) is 0 Å². The topological polar surface area (TPSA) is 78.4 Å². The summed E-state index contributed by atoms with van der Waals surface area (Å²) in [6.45, 7) is 1.91. The molecule has 0 spiro atoms. The molecule has 0 atom stereocenters. The second-order valence-electron chi connectivity index (χ2n) is 4.19. The number of carbonyl (C=O) groups is 2. The Kier molecular flexibility index (Phi) is 6.27. The summed E-state index contributed by atoms with van der Waals surface area (Å²) in [5.41, 5.74) is 1.99. The summed E-state index contributed by atoms with van der Waals surface area (Å²) in [4.78, 5) is 23.1. The molecule has 1 rings (SSSR count). The van der Waals surface area contributed by atoms with Gasteiger partial charge in [-0.3, -0.25) is 9.59 Å². The number of aliphatic hydroxyl groups is 1. The van der Waals surface area contributed by atoms with Crippen molar-refractivity contribution in [2.75, 3.05) is 20.2 Å². The lowest BCUT2D eigenvalue weighted by atomic mass is 10.0. The molecule has 3 N–H and O–H groups in total. The van der Waals surface area contributed by atoms with Gasteiger partial charge >= 0.3 is 0 Å². The molecule has 2 amide bonds. The van der Waals surface area contributed by atoms with Crippen LogP contribution >= 0.6 is 0 Å². The van der Waals surface area contributed by atoms with E-state index in [1.54, 1.807) is 19.2 Å². The summed E-state index contributed by atoms with van der Waals surface area (Å²) in [7, 11) is 1.55. The van der Waals surface area contributed by atoms with Crippen LogP contribution in [0, 0.1) is 18.8 Å². The van der Waals surface area contributed by atoms with Gasteiger partial charge in [-0.05, 0) is 24.6 Å². The van der Waals surface area contributed by atoms with Crippen LogP contribution in [0.25, 0.3) is 0 Å². The molecule has 0 fully saturated rings. The molecule has 5 heteroatoms. The lowest BCUT2D eigenvalue weighted by molar-refractivity contribution is -0.120. The number of rotatable bonds is 4. The molecule has 0 radical (unpaired) electrons. The summed E-state index contributed by atoms with van der Waals surface area (Å²) in [5.74, 6) is 4.88. The average molecular weight is 274 g/mol. The van der Waals surface area contributed by atoms with Gasteiger partial charge in [0, 0.05) is 25.6 Å². The molecule has 5 nitrogen and oxygen atoms in total. The average Bonchev–Trinajstić information content (AvgIpc) is 2.44. The van der Waals surface area contributed by atoms with Crippen molar-refractivity contribution in [1.29, 1.82) is 0 Å². The zero-order valence-corrected chi connectivity index (χ0v) is 11.6. The van der Waals surface area contributed by atoms with Crippen LogP contribution in [0.3, 0.4) is 0 Å². The first-order chi connectivity index (χ1) is 9.58. The van der Waals surface area contributed by atoms with Crippen LogP contribution in [0.5, 0.6) is 0 Å². The van der Waals surface area contributed by atoms with Gasteiger partial charge in [-0.1, -0.05) is 17.9 Å². The van der Waals surface area contributed by atoms with Crippen molar-refractivity contribution in [1.82, 2.24) is 10.6 Å². The molecule has 0 unspecified atom stereocenters. The second kappa shape index (κ2) is 7.97. The summed E-state index contributed by atoms with van der Waals surface area (Å²) in [5, 5.41) is 13.9. The standard InChI is InChI=1S/C15H18N2O3/c1-11-5-6-13(12(10-11)4-3-9-18)15(20)17-8-7-14(19)16-2/h5-6,10,18H,7-9H2,1-2H3,(H,16,19)(H,17,20). The molecule has 1 aromatic carbocycles. The SMILES string of the molecule is CNC(=O)CCNC(=O)c1ccc(C)cc1C#CCO. The zero-order valence-electron chi connectivity index (χ0n) is 11.6. The Hall–Kier alpha value is -2.32. The van der Waals surface area contributed by atoms with Crippen LogP contribution in [-0.2, 0) is 4.79 Å². The maximum absolute atomic E-state index is 12.0. The zero-order chi connectivity index (χ0) is 15.0. The number of amides is 2. The highest BCUT2D eigenvalue weighted by atomic mass is 16.2. The molecule has 20 heavy (non-hydrogen) atoms. The highest BCUT2D eigenvalue weighted by Crippen LogP contribution is 2.10. The third-order valence-electron chi connectivity index (χ3n) is 2.64. The summed E-state index contributed by atoms with van der Waals surface area (Å²) in [6, 6.07) is 5.29. The highest BCUT2D eigenvalue weighted by molar-refractivity contribution is 5.97. The smallest absolute Gasteiger partial charge is 0.252 e. The number of benzene rings is 1. The maximum Gasteiger partial charge on any atom is 0.252 e. The fourth-order valence-corrected chi connectivity index (χ4v) is 1.60. The molecule has 0 saturated carbocycles. The molecule has 0 aromatic heterocycles. The number of hydrogen-bond donors (Lipinski definition) is 3. The first-order valence-electron chi connectivity index (χ1n) is 6.27. The van der Waals surface area contributed by atoms with E-state index in [0.717, 1.165) is 5.56 Å². The van der Waals surface area contributed by atoms with E-state index < -0.39 is 0 Å². The summed E-state index contributed by atoms with van der Waals surface area (Å²) in [6.07, 6.45) is 0.228. The van der Waals surface area contributed by atoms with Gasteiger partial charge in [-0.25, -0.2) is 0 Å². The highest BCUT2D eigenvalue weighted by Gasteiger charge is 2.10. The maximum atomic E-state index is 12.0. The molecular formula is C15H18N2O3. The Morgan fingerprint density at radius 2 is 2.10 bits per heavy atom. The minimum atomic E-state index is -0.281. The van der Waals surface area contributed by atoms with Gasteiger partial charge < -0.3 is 15.7 Å². The lowest BCUT2D eigenvalue weighted by Gasteiger charge is -2.07. The summed E-state index contributed by atoms with van der Waals surface area (Å²) < 4.78 is 0. The number of carbonyl (C=O) groups excluding carboxylic acids is 2. The minimum Gasteiger partial charge on any atom is -0.384 e. The van der Waals surface area contributed by atoms with Crippen LogP contribution in [-0.4, -0.2) is 37.1 Å². The van der Waals surface area contributed by atoms with E-state index in [4.69, 9.17) is 5.11 Å². The Labute approximate surface area is 118 Å². The van der Waals surface area contributed by atoms with Crippen molar-refractivity contribution in [3.63, 3.8) is 0 Å². The number of hydrogen-bond acceptors (Lipinski definition) is 3. The van der Waals surface area contributed by atoms with Crippen LogP contribution in [0.4, 0.5) is 0 Å². The first kappa shape index (κ1) is 15.7. The molecule has 1 aromatic rings. The van der Waals surface area contributed by atoms with Crippen LogP contribution in [0.15, 0.2) is 18.2 Å². The lowest BCUT2D eigenvalue weighted by Crippen LogP contribution is -2.29. The fraction of sp³-hybridized carbons (Fsp3) is 0.333. The van der Waals surface area contributed by atoms with E-state index in [9.17, 15) is 9.59 Å². The van der Waals surface area contributed by atoms with Crippen molar-refractivity contribution < 1.29 is 14.7 Å². The van der Waals surface area contributed by atoms with E-state index >= 15 is 0 Å². The number of aliphatic hydroxyl groups excluding tert-OH is 1. The van der Waals surface area contributed by atoms with Crippen molar-refractivity contribution in [2.45, 2.75) is 13.3 Å². The third-order valence-corrected chi connectivity index (χ3v) is 2.64. The normalized spacial score (nSPS) is 9.35. The third kappa shape index (κ3) is 4.75. The van der Waals surface area contributed by atoms with Crippen molar-refractivity contribution >= 4 is 11.8 Å². The van der Waals surface area contributed by atoms with E-state index in [0.29, 0.717) is 11.1 Å². The molecule has 106 valence electrons. The largest absolute Gasteiger partial charge is 0.384 e. The Bertz CT molecular complexity index is 556. The van der Waals surface area contributed by atoms with Gasteiger partial charge in [-0.15, -0.1) is 0 Å². The van der Waals surface area contributed by atoms with Crippen LogP contribution in [0.1, 0.15) is 27.9 Å². The van der Waals surface area contributed by atoms with Crippen molar-refractivity contribution in [2.24, 2.45) is 0 Å². The number of aryl methyl sites for hydroxylation is 1. The van der Waals surface area contributed by atoms with Gasteiger partial charge in [0.05, 0.1) is 5.56 Å². The van der Waals surface area contributed by atoms with Crippen molar-refractivity contribution in [3.05, 3.63) is 34.9 Å². The van der Waals surface area contributed by atoms with Gasteiger partial charge in [0.25, 0.3) is 5.91 Å². The molecule has 0 saturated heterocycles. The van der Waals surface area contributed by atoms with E-state index in [1.165, 1.54) is 0 Å². The predicted molar refractivity (Wildman–Crippen MR) is 76.2 cm³/mol. The van der Waals surface area contributed by atoms with Crippen molar-refractivity contribution in [3.8, 4) is 11.8 Å².